The number of hydrogen-bond acceptors (Lipinski definition) is 13. The fourth-order valence-electron chi connectivity index (χ4n) is 9.73. The number of nitrogens with two attached hydrogens (primary N) is 1. The predicted molar refractivity (Wildman–Crippen MR) is 244 cm³/mol. The van der Waals surface area contributed by atoms with E-state index in [1.807, 2.05) is 22.0 Å². The molecule has 5 aromatic rings. The van der Waals surface area contributed by atoms with Gasteiger partial charge >= 0.3 is 0 Å². The van der Waals surface area contributed by atoms with E-state index in [0.29, 0.717) is 65.2 Å². The number of imide groups is 1. The molecule has 7 heterocycles. The van der Waals surface area contributed by atoms with Gasteiger partial charge in [0.1, 0.15) is 29.6 Å². The van der Waals surface area contributed by atoms with Gasteiger partial charge in [0.2, 0.25) is 17.7 Å². The molecule has 9 rings (SSSR count). The van der Waals surface area contributed by atoms with Crippen molar-refractivity contribution in [1.29, 1.82) is 0 Å². The molecule has 4 N–H and O–H groups in total. The molecule has 4 aliphatic rings. The molecule has 16 nitrogen and oxygen atoms in total. The fourth-order valence-corrected chi connectivity index (χ4v) is 9.73. The van der Waals surface area contributed by atoms with Crippen molar-refractivity contribution in [2.45, 2.75) is 140 Å². The van der Waals surface area contributed by atoms with Crippen LogP contribution >= 0.6 is 0 Å². The molecule has 0 unspecified atom stereocenters. The summed E-state index contributed by atoms with van der Waals surface area (Å²) in [5.74, 6) is 2.60. The second-order valence-electron chi connectivity index (χ2n) is 19.3. The highest BCUT2D eigenvalue weighted by atomic mass is 16.5. The Morgan fingerprint density at radius 1 is 0.812 bits per heavy atom. The number of anilines is 2. The first-order valence-electron chi connectivity index (χ1n) is 23.5. The number of benzene rings is 1. The Hall–Kier alpha value is -5.77. The third-order valence-corrected chi connectivity index (χ3v) is 13.6. The highest BCUT2D eigenvalue weighted by Crippen LogP contribution is 2.48. The van der Waals surface area contributed by atoms with Crippen LogP contribution in [0, 0.1) is 0 Å². The van der Waals surface area contributed by atoms with Gasteiger partial charge in [-0.15, -0.1) is 0 Å². The fraction of sp³-hybridized carbons (Fsp3) is 0.562. The SMILES string of the molecule is CC(C)(C)n1nc(-c2noc(C3CC3)c2-c2ncc(C3CCN(C(=O)CCCCCCCN4CCC(c5ccc(N[C@H]6CCC(=O)NC6=O)cc5)CC4)CC3)cn2)c2c(N)ncnc21. The molecule has 1 aliphatic carbocycles. The smallest absolute Gasteiger partial charge is 0.249 e. The van der Waals surface area contributed by atoms with E-state index in [4.69, 9.17) is 25.3 Å². The van der Waals surface area contributed by atoms with Crippen LogP contribution in [0.2, 0.25) is 0 Å². The highest BCUT2D eigenvalue weighted by molar-refractivity contribution is 6.02. The number of carbonyl (C=O) groups is 3. The van der Waals surface area contributed by atoms with Crippen LogP contribution in [0.3, 0.4) is 0 Å². The van der Waals surface area contributed by atoms with Crippen LogP contribution in [0.1, 0.15) is 145 Å². The third kappa shape index (κ3) is 9.66. The summed E-state index contributed by atoms with van der Waals surface area (Å²) in [5, 5.41) is 15.8. The van der Waals surface area contributed by atoms with Crippen LogP contribution in [0.15, 0.2) is 47.5 Å². The molecule has 1 atom stereocenters. The van der Waals surface area contributed by atoms with Gasteiger partial charge < -0.3 is 25.4 Å². The Kier molecular flexibility index (Phi) is 12.7. The van der Waals surface area contributed by atoms with Crippen molar-refractivity contribution in [2.24, 2.45) is 0 Å². The minimum Gasteiger partial charge on any atom is -0.383 e. The van der Waals surface area contributed by atoms with Crippen molar-refractivity contribution in [3.05, 3.63) is 59.9 Å². The highest BCUT2D eigenvalue weighted by Gasteiger charge is 2.37. The first-order chi connectivity index (χ1) is 31.0. The van der Waals surface area contributed by atoms with Gasteiger partial charge in [-0.05, 0) is 133 Å². The monoisotopic (exact) mass is 871 g/mol. The maximum Gasteiger partial charge on any atom is 0.249 e. The van der Waals surface area contributed by atoms with Crippen molar-refractivity contribution in [1.82, 2.24) is 50.0 Å². The third-order valence-electron chi connectivity index (χ3n) is 13.6. The maximum atomic E-state index is 13.2. The van der Waals surface area contributed by atoms with Crippen LogP contribution < -0.4 is 16.4 Å². The van der Waals surface area contributed by atoms with Crippen LogP contribution in [0.25, 0.3) is 33.8 Å². The van der Waals surface area contributed by atoms with Crippen LogP contribution in [-0.4, -0.2) is 101 Å². The molecule has 3 amide bonds. The normalized spacial score (nSPS) is 19.4. The first kappa shape index (κ1) is 43.5. The van der Waals surface area contributed by atoms with Gasteiger partial charge in [-0.3, -0.25) is 19.7 Å². The summed E-state index contributed by atoms with van der Waals surface area (Å²) < 4.78 is 7.85. The summed E-state index contributed by atoms with van der Waals surface area (Å²) in [6.45, 7) is 11.1. The van der Waals surface area contributed by atoms with Crippen molar-refractivity contribution in [3.8, 4) is 22.8 Å². The maximum absolute atomic E-state index is 13.2. The minimum atomic E-state index is -0.361. The molecule has 4 aromatic heterocycles. The summed E-state index contributed by atoms with van der Waals surface area (Å²) in [5.41, 5.74) is 11.9. The number of amides is 3. The second kappa shape index (κ2) is 18.8. The summed E-state index contributed by atoms with van der Waals surface area (Å²) in [4.78, 5) is 60.0. The number of unbranched alkanes of at least 4 members (excludes halogenated alkanes) is 4. The first-order valence-corrected chi connectivity index (χ1v) is 23.5. The molecule has 16 heteroatoms. The largest absolute Gasteiger partial charge is 0.383 e. The van der Waals surface area contributed by atoms with Crippen molar-refractivity contribution in [2.75, 3.05) is 43.8 Å². The van der Waals surface area contributed by atoms with E-state index in [1.165, 1.54) is 31.2 Å². The zero-order chi connectivity index (χ0) is 44.4. The van der Waals surface area contributed by atoms with Crippen LogP contribution in [-0.2, 0) is 19.9 Å². The minimum absolute atomic E-state index is 0.197. The van der Waals surface area contributed by atoms with Gasteiger partial charge in [0.25, 0.3) is 0 Å². The summed E-state index contributed by atoms with van der Waals surface area (Å²) in [7, 11) is 0. The Bertz CT molecular complexity index is 2440. The second-order valence-corrected chi connectivity index (χ2v) is 19.3. The predicted octanol–water partition coefficient (Wildman–Crippen LogP) is 7.30. The van der Waals surface area contributed by atoms with Crippen molar-refractivity contribution < 1.29 is 18.9 Å². The Morgan fingerprint density at radius 2 is 1.50 bits per heavy atom. The lowest BCUT2D eigenvalue weighted by atomic mass is 9.89. The number of fused-ring (bicyclic) bond motifs is 1. The van der Waals surface area contributed by atoms with E-state index in [1.54, 1.807) is 0 Å². The zero-order valence-corrected chi connectivity index (χ0v) is 37.5. The van der Waals surface area contributed by atoms with Crippen molar-refractivity contribution >= 4 is 40.3 Å². The van der Waals surface area contributed by atoms with Gasteiger partial charge in [0, 0.05) is 49.9 Å². The van der Waals surface area contributed by atoms with E-state index in [2.05, 4.69) is 75.7 Å². The van der Waals surface area contributed by atoms with Gasteiger partial charge in [-0.25, -0.2) is 24.6 Å². The standard InChI is InChI=1S/C48H62N12O4/c1-48(2,3)60-46-40(44(49)52-29-53-46)41(56-60)42-39(43(64-57-42)33-10-11-33)45-50-27-34(28-51-45)32-20-25-59(26-21-32)38(62)9-7-5-4-6-8-22-58-23-18-31(19-24-58)30-12-14-35(15-13-30)54-36-16-17-37(61)55-47(36)63/h12-15,27-29,31-33,36,54H,4-11,16-26H2,1-3H3,(H2,49,52,53)(H,55,61,63)/t36-/m0/s1. The molecule has 1 saturated carbocycles. The molecule has 3 saturated heterocycles. The summed E-state index contributed by atoms with van der Waals surface area (Å²) in [6, 6.07) is 8.11. The quantitative estimate of drug-likeness (QED) is 0.0699. The van der Waals surface area contributed by atoms with Gasteiger partial charge in [-0.2, -0.15) is 5.10 Å². The van der Waals surface area contributed by atoms with Gasteiger partial charge in [-0.1, -0.05) is 36.6 Å². The van der Waals surface area contributed by atoms with E-state index in [9.17, 15) is 14.4 Å². The molecule has 4 fully saturated rings. The molecule has 64 heavy (non-hydrogen) atoms. The number of aromatic nitrogens is 7. The lowest BCUT2D eigenvalue weighted by Gasteiger charge is -2.32. The number of nitrogens with zero attached hydrogens (tertiary/aromatic N) is 9. The molecule has 3 aliphatic heterocycles. The zero-order valence-electron chi connectivity index (χ0n) is 37.5. The number of likely N-dealkylation sites (tertiary alicyclic amines) is 2. The number of rotatable bonds is 15. The lowest BCUT2D eigenvalue weighted by molar-refractivity contribution is -0.134. The molecule has 1 aromatic carbocycles. The number of nitrogens with one attached hydrogen (secondary N) is 2. The molecular formula is C48H62N12O4. The van der Waals surface area contributed by atoms with Crippen LogP contribution in [0.4, 0.5) is 11.5 Å². The van der Waals surface area contributed by atoms with E-state index < -0.39 is 0 Å². The number of carbonyl (C=O) groups excluding carboxylic acids is 3. The van der Waals surface area contributed by atoms with Gasteiger partial charge in [0.05, 0.1) is 16.5 Å². The van der Waals surface area contributed by atoms with Crippen molar-refractivity contribution in [3.63, 3.8) is 0 Å². The van der Waals surface area contributed by atoms with Crippen LogP contribution in [0.5, 0.6) is 0 Å². The Morgan fingerprint density at radius 3 is 2.20 bits per heavy atom. The number of piperidine rings is 3. The lowest BCUT2D eigenvalue weighted by Crippen LogP contribution is -2.47. The molecular weight excluding hydrogens is 809 g/mol. The van der Waals surface area contributed by atoms with E-state index in [-0.39, 0.29) is 35.2 Å². The Balaban J connectivity index is 0.686. The Labute approximate surface area is 374 Å². The average molecular weight is 871 g/mol. The number of nitrogen functional groups attached to an aromatic ring is 1. The molecule has 0 spiro atoms. The average Bonchev–Trinajstić information content (AvgIpc) is 3.92. The molecule has 0 bridgehead atoms. The van der Waals surface area contributed by atoms with Gasteiger partial charge in [0.15, 0.2) is 17.2 Å². The van der Waals surface area contributed by atoms with E-state index >= 15 is 0 Å². The number of hydrogen-bond donors (Lipinski definition) is 3. The van der Waals surface area contributed by atoms with E-state index in [0.717, 1.165) is 107 Å². The summed E-state index contributed by atoms with van der Waals surface area (Å²) >= 11 is 0. The topological polar surface area (TPSA) is 203 Å². The molecule has 338 valence electrons. The molecule has 0 radical (unpaired) electrons. The summed E-state index contributed by atoms with van der Waals surface area (Å²) in [6.07, 6.45) is 18.6.